The van der Waals surface area contributed by atoms with Crippen LogP contribution in [0.4, 0.5) is 0 Å². The molecule has 2 nitrogen and oxygen atoms in total. The van der Waals surface area contributed by atoms with Gasteiger partial charge in [0.05, 0.1) is 11.6 Å². The van der Waals surface area contributed by atoms with Crippen molar-refractivity contribution in [3.8, 4) is 17.2 Å². The molecule has 0 bridgehead atoms. The lowest BCUT2D eigenvalue weighted by Crippen LogP contribution is -1.85. The molecule has 84 valence electrons. The number of hydrogen-bond acceptors (Lipinski definition) is 3. The molecule has 0 saturated heterocycles. The van der Waals surface area contributed by atoms with Crippen LogP contribution in [0.5, 0.6) is 0 Å². The first-order chi connectivity index (χ1) is 8.35. The Morgan fingerprint density at radius 3 is 2.65 bits per heavy atom. The summed E-state index contributed by atoms with van der Waals surface area (Å²) in [6.07, 6.45) is 3.69. The number of rotatable bonds is 3. The smallest absolute Gasteiger partial charge is 0.0991 e. The van der Waals surface area contributed by atoms with Crippen molar-refractivity contribution in [2.24, 2.45) is 0 Å². The van der Waals surface area contributed by atoms with Gasteiger partial charge >= 0.3 is 0 Å². The zero-order valence-corrected chi connectivity index (χ0v) is 10.4. The molecule has 0 atom stereocenters. The molecule has 1 aromatic heterocycles. The van der Waals surface area contributed by atoms with Gasteiger partial charge in [0.25, 0.3) is 0 Å². The molecule has 2 rings (SSSR count). The fourth-order valence-electron chi connectivity index (χ4n) is 1.60. The normalized spacial score (nSPS) is 9.88. The number of nitriles is 1. The first kappa shape index (κ1) is 11.7. The van der Waals surface area contributed by atoms with Gasteiger partial charge in [0.1, 0.15) is 0 Å². The zero-order chi connectivity index (χ0) is 12.1. The van der Waals surface area contributed by atoms with E-state index in [-0.39, 0.29) is 0 Å². The monoisotopic (exact) mass is 240 g/mol. The molecule has 1 aromatic carbocycles. The van der Waals surface area contributed by atoms with Crippen molar-refractivity contribution in [2.45, 2.75) is 11.8 Å². The van der Waals surface area contributed by atoms with E-state index in [0.29, 0.717) is 5.56 Å². The molecule has 0 unspecified atom stereocenters. The molecule has 0 aliphatic rings. The van der Waals surface area contributed by atoms with Gasteiger partial charge in [-0.15, -0.1) is 11.8 Å². The van der Waals surface area contributed by atoms with Gasteiger partial charge in [-0.2, -0.15) is 5.26 Å². The molecule has 0 N–H and O–H groups in total. The summed E-state index contributed by atoms with van der Waals surface area (Å²) in [5, 5.41) is 8.77. The minimum absolute atomic E-state index is 0.683. The highest BCUT2D eigenvalue weighted by atomic mass is 32.2. The Labute approximate surface area is 105 Å². The Morgan fingerprint density at radius 1 is 1.24 bits per heavy atom. The first-order valence-corrected chi connectivity index (χ1v) is 6.41. The van der Waals surface area contributed by atoms with Gasteiger partial charge in [-0.05, 0) is 29.5 Å². The molecule has 0 saturated carbocycles. The number of nitrogens with zero attached hydrogens (tertiary/aromatic N) is 2. The summed E-state index contributed by atoms with van der Waals surface area (Å²) in [5.74, 6) is 1.04. The van der Waals surface area contributed by atoms with E-state index in [9.17, 15) is 0 Å². The Balaban J connectivity index is 2.41. The lowest BCUT2D eigenvalue weighted by atomic mass is 10.1. The summed E-state index contributed by atoms with van der Waals surface area (Å²) in [4.78, 5) is 5.40. The molecular formula is C14H12N2S. The molecule has 0 aliphatic carbocycles. The van der Waals surface area contributed by atoms with Crippen molar-refractivity contribution in [2.75, 3.05) is 5.75 Å². The van der Waals surface area contributed by atoms with Crippen LogP contribution in [0.25, 0.3) is 11.1 Å². The van der Waals surface area contributed by atoms with Crippen molar-refractivity contribution in [3.63, 3.8) is 0 Å². The second-order valence-electron chi connectivity index (χ2n) is 3.49. The average molecular weight is 240 g/mol. The molecular weight excluding hydrogens is 228 g/mol. The van der Waals surface area contributed by atoms with Crippen molar-refractivity contribution >= 4 is 11.8 Å². The maximum absolute atomic E-state index is 8.77. The second kappa shape index (κ2) is 5.51. The van der Waals surface area contributed by atoms with Crippen molar-refractivity contribution in [1.82, 2.24) is 4.98 Å². The van der Waals surface area contributed by atoms with Gasteiger partial charge in [-0.25, -0.2) is 0 Å². The van der Waals surface area contributed by atoms with Crippen LogP contribution < -0.4 is 0 Å². The second-order valence-corrected chi connectivity index (χ2v) is 4.80. The topological polar surface area (TPSA) is 36.7 Å². The fraction of sp³-hybridized carbons (Fsp3) is 0.143. The Bertz CT molecular complexity index is 541. The van der Waals surface area contributed by atoms with Crippen LogP contribution in [-0.4, -0.2) is 10.7 Å². The summed E-state index contributed by atoms with van der Waals surface area (Å²) < 4.78 is 0. The molecule has 2 aromatic rings. The summed E-state index contributed by atoms with van der Waals surface area (Å²) in [7, 11) is 0. The van der Waals surface area contributed by atoms with Crippen molar-refractivity contribution < 1.29 is 0 Å². The highest BCUT2D eigenvalue weighted by Gasteiger charge is 2.04. The number of aromatic nitrogens is 1. The van der Waals surface area contributed by atoms with Gasteiger partial charge in [-0.3, -0.25) is 4.98 Å². The quantitative estimate of drug-likeness (QED) is 0.767. The van der Waals surface area contributed by atoms with E-state index in [2.05, 4.69) is 18.0 Å². The maximum atomic E-state index is 8.77. The van der Waals surface area contributed by atoms with Gasteiger partial charge in [-0.1, -0.05) is 19.1 Å². The fourth-order valence-corrected chi connectivity index (χ4v) is 2.40. The van der Waals surface area contributed by atoms with E-state index in [4.69, 9.17) is 5.26 Å². The van der Waals surface area contributed by atoms with E-state index >= 15 is 0 Å². The van der Waals surface area contributed by atoms with Crippen molar-refractivity contribution in [3.05, 3.63) is 48.3 Å². The Morgan fingerprint density at radius 2 is 2.00 bits per heavy atom. The number of pyridine rings is 1. The number of thioether (sulfide) groups is 1. The standard InChI is InChI=1S/C14H12N2S/c1-2-17-14-7-8-16-10-13(14)12-5-3-11(9-15)4-6-12/h3-8,10H,2H2,1H3. The summed E-state index contributed by atoms with van der Waals surface area (Å²) >= 11 is 1.80. The third-order valence-corrected chi connectivity index (χ3v) is 3.36. The minimum Gasteiger partial charge on any atom is -0.264 e. The highest BCUT2D eigenvalue weighted by molar-refractivity contribution is 7.99. The minimum atomic E-state index is 0.683. The number of benzene rings is 1. The van der Waals surface area contributed by atoms with Gasteiger partial charge in [0.2, 0.25) is 0 Å². The van der Waals surface area contributed by atoms with E-state index in [0.717, 1.165) is 16.9 Å². The molecule has 0 spiro atoms. The lowest BCUT2D eigenvalue weighted by molar-refractivity contribution is 1.26. The molecule has 0 amide bonds. The van der Waals surface area contributed by atoms with Crippen LogP contribution in [0.2, 0.25) is 0 Å². The molecule has 1 heterocycles. The lowest BCUT2D eigenvalue weighted by Gasteiger charge is -2.07. The van der Waals surface area contributed by atoms with Crippen LogP contribution in [0.3, 0.4) is 0 Å². The van der Waals surface area contributed by atoms with Crippen LogP contribution in [0.15, 0.2) is 47.6 Å². The molecule has 17 heavy (non-hydrogen) atoms. The predicted molar refractivity (Wildman–Crippen MR) is 70.8 cm³/mol. The van der Waals surface area contributed by atoms with Gasteiger partial charge < -0.3 is 0 Å². The average Bonchev–Trinajstić information content (AvgIpc) is 2.40. The van der Waals surface area contributed by atoms with E-state index in [1.54, 1.807) is 11.8 Å². The van der Waals surface area contributed by atoms with Gasteiger partial charge in [0, 0.05) is 22.9 Å². The van der Waals surface area contributed by atoms with Crippen LogP contribution in [0.1, 0.15) is 12.5 Å². The van der Waals surface area contributed by atoms with Crippen LogP contribution >= 0.6 is 11.8 Å². The van der Waals surface area contributed by atoms with Gasteiger partial charge in [0.15, 0.2) is 0 Å². The summed E-state index contributed by atoms with van der Waals surface area (Å²) in [6.45, 7) is 2.13. The third-order valence-electron chi connectivity index (χ3n) is 2.41. The molecule has 0 radical (unpaired) electrons. The Hall–Kier alpha value is -1.79. The van der Waals surface area contributed by atoms with Crippen LogP contribution in [0, 0.1) is 11.3 Å². The van der Waals surface area contributed by atoms with Crippen molar-refractivity contribution in [1.29, 1.82) is 5.26 Å². The first-order valence-electron chi connectivity index (χ1n) is 5.42. The summed E-state index contributed by atoms with van der Waals surface area (Å²) in [6, 6.07) is 11.8. The zero-order valence-electron chi connectivity index (χ0n) is 9.55. The highest BCUT2D eigenvalue weighted by Crippen LogP contribution is 2.30. The largest absolute Gasteiger partial charge is 0.264 e. The van der Waals surface area contributed by atoms with E-state index in [1.807, 2.05) is 42.7 Å². The third kappa shape index (κ3) is 2.66. The SMILES string of the molecule is CCSc1ccncc1-c1ccc(C#N)cc1. The molecule has 0 fully saturated rings. The molecule has 3 heteroatoms. The molecule has 0 aliphatic heterocycles. The van der Waals surface area contributed by atoms with E-state index in [1.165, 1.54) is 4.90 Å². The number of hydrogen-bond donors (Lipinski definition) is 0. The van der Waals surface area contributed by atoms with E-state index < -0.39 is 0 Å². The predicted octanol–water partition coefficient (Wildman–Crippen LogP) is 3.73. The Kier molecular flexibility index (Phi) is 3.79. The maximum Gasteiger partial charge on any atom is 0.0991 e. The summed E-state index contributed by atoms with van der Waals surface area (Å²) in [5.41, 5.74) is 2.92. The van der Waals surface area contributed by atoms with Crippen LogP contribution in [-0.2, 0) is 0 Å².